The van der Waals surface area contributed by atoms with Gasteiger partial charge in [0.15, 0.2) is 5.78 Å². The zero-order chi connectivity index (χ0) is 43.6. The van der Waals surface area contributed by atoms with Crippen molar-refractivity contribution >= 4 is 40.7 Å². The van der Waals surface area contributed by atoms with E-state index in [1.807, 2.05) is 70.0 Å². The largest absolute Gasteiger partial charge is 0.465 e. The smallest absolute Gasteiger partial charge is 0.353 e. The predicted molar refractivity (Wildman–Crippen MR) is 229 cm³/mol. The Balaban J connectivity index is 0.000000395. The minimum absolute atomic E-state index is 0. The van der Waals surface area contributed by atoms with Crippen molar-refractivity contribution in [1.29, 1.82) is 0 Å². The van der Waals surface area contributed by atoms with Gasteiger partial charge < -0.3 is 35.5 Å². The number of nitro groups is 1. The van der Waals surface area contributed by atoms with Crippen LogP contribution in [0, 0.1) is 24.0 Å². The van der Waals surface area contributed by atoms with Crippen LogP contribution >= 0.6 is 0 Å². The number of nitrogen functional groups attached to an aromatic ring is 2. The first kappa shape index (κ1) is 49.9. The number of halogens is 1. The Morgan fingerprint density at radius 2 is 1.45 bits per heavy atom. The first-order valence-electron chi connectivity index (χ1n) is 19.4. The zero-order valence-corrected chi connectivity index (χ0v) is 35.1. The molecule has 4 aromatic rings. The lowest BCUT2D eigenvalue weighted by Gasteiger charge is -2.30. The number of aryl methyl sites for hydroxylation is 2. The SMILES string of the molecule is C.CCC[C@H](C)Oc1nc(N)c([N+](=O)[O-])c(N(CC(=O)OCC)Cc2ccc(C)nc2)n1.CCC[C@H](C)Oc1nc(N)c2c(n1)N(Cc1ccc(C)nc1)CC(=O)C2.CF. The molecular formula is C41H60FN11O7. The molecule has 1 aliphatic heterocycles. The molecule has 60 heavy (non-hydrogen) atoms. The van der Waals surface area contributed by atoms with Crippen LogP contribution in [-0.2, 0) is 33.8 Å². The van der Waals surface area contributed by atoms with Crippen LogP contribution in [0.2, 0.25) is 0 Å². The fraction of sp³-hybridized carbons (Fsp3) is 0.512. The third-order valence-electron chi connectivity index (χ3n) is 8.71. The summed E-state index contributed by atoms with van der Waals surface area (Å²) >= 11 is 0. The van der Waals surface area contributed by atoms with Crippen molar-refractivity contribution in [3.05, 3.63) is 74.9 Å². The topological polar surface area (TPSA) is 241 Å². The minimum Gasteiger partial charge on any atom is -0.465 e. The third kappa shape index (κ3) is 14.8. The summed E-state index contributed by atoms with van der Waals surface area (Å²) in [7, 11) is 0.500. The number of carbonyl (C=O) groups is 2. The summed E-state index contributed by atoms with van der Waals surface area (Å²) in [6.45, 7) is 14.3. The van der Waals surface area contributed by atoms with E-state index in [2.05, 4.69) is 36.8 Å². The van der Waals surface area contributed by atoms with Crippen LogP contribution in [0.5, 0.6) is 12.0 Å². The standard InChI is InChI=1S/C20H28N6O5.C19H25N5O2.CH3F.CH4/c1-5-7-14(4)31-20-23-18(21)17(26(28)29)19(24-20)25(12-16(27)30-6-2)11-15-9-8-13(3)22-10-15;1-4-5-13(3)26-19-22-17(20)16-8-15(25)11-24(18(16)23-19)10-14-7-6-12(2)21-9-14;1-2;/h8-10,14H,5-7,11-12H2,1-4H3,(H2,21,23,24);6-7,9,13H,4-5,8,10-11H2,1-3H3,(H2,20,22,23);1H3;1H4/t14-;13-;;/m00../s1. The Kier molecular flexibility index (Phi) is 20.5. The first-order chi connectivity index (χ1) is 28.2. The van der Waals surface area contributed by atoms with Gasteiger partial charge in [-0.15, -0.1) is 0 Å². The van der Waals surface area contributed by atoms with E-state index in [1.54, 1.807) is 13.1 Å². The molecular weight excluding hydrogens is 778 g/mol. The number of esters is 1. The average Bonchev–Trinajstić information content (AvgIpc) is 3.17. The second-order valence-corrected chi connectivity index (χ2v) is 13.8. The highest BCUT2D eigenvalue weighted by Crippen LogP contribution is 2.34. The quantitative estimate of drug-likeness (QED) is 0.0656. The molecule has 4 aromatic heterocycles. The lowest BCUT2D eigenvalue weighted by molar-refractivity contribution is -0.383. The fourth-order valence-electron chi connectivity index (χ4n) is 5.99. The van der Waals surface area contributed by atoms with Crippen molar-refractivity contribution in [1.82, 2.24) is 29.9 Å². The Bertz CT molecular complexity index is 1990. The first-order valence-corrected chi connectivity index (χ1v) is 19.4. The van der Waals surface area contributed by atoms with E-state index in [9.17, 15) is 24.1 Å². The van der Waals surface area contributed by atoms with Gasteiger partial charge in [-0.2, -0.15) is 19.9 Å². The number of ether oxygens (including phenoxy) is 3. The van der Waals surface area contributed by atoms with E-state index < -0.39 is 16.6 Å². The molecule has 0 radical (unpaired) electrons. The summed E-state index contributed by atoms with van der Waals surface area (Å²) in [6, 6.07) is 7.77. The third-order valence-corrected chi connectivity index (χ3v) is 8.71. The van der Waals surface area contributed by atoms with E-state index in [-0.39, 0.29) is 75.2 Å². The summed E-state index contributed by atoms with van der Waals surface area (Å²) in [5.41, 5.74) is 15.7. The number of pyridine rings is 2. The number of carbonyl (C=O) groups excluding carboxylic acids is 2. The summed E-state index contributed by atoms with van der Waals surface area (Å²) in [5, 5.41) is 11.7. The molecule has 19 heteroatoms. The van der Waals surface area contributed by atoms with Gasteiger partial charge in [0.2, 0.25) is 11.6 Å². The highest BCUT2D eigenvalue weighted by molar-refractivity contribution is 5.91. The number of anilines is 4. The van der Waals surface area contributed by atoms with Gasteiger partial charge in [0.25, 0.3) is 0 Å². The molecule has 0 amide bonds. The Morgan fingerprint density at radius 1 is 0.900 bits per heavy atom. The zero-order valence-electron chi connectivity index (χ0n) is 35.1. The molecule has 4 N–H and O–H groups in total. The molecule has 0 aliphatic carbocycles. The lowest BCUT2D eigenvalue weighted by atomic mass is 10.0. The van der Waals surface area contributed by atoms with Gasteiger partial charge >= 0.3 is 23.7 Å². The van der Waals surface area contributed by atoms with Gasteiger partial charge in [0.1, 0.15) is 18.2 Å². The number of nitrogens with zero attached hydrogens (tertiary/aromatic N) is 9. The van der Waals surface area contributed by atoms with Gasteiger partial charge in [-0.05, 0) is 70.7 Å². The van der Waals surface area contributed by atoms with E-state index in [4.69, 9.17) is 25.7 Å². The number of Topliss-reactive ketones (excluding diaryl/α,β-unsaturated/α-hetero) is 1. The highest BCUT2D eigenvalue weighted by atomic mass is 19.1. The van der Waals surface area contributed by atoms with Crippen molar-refractivity contribution in [2.75, 3.05) is 48.1 Å². The minimum atomic E-state index is -0.671. The van der Waals surface area contributed by atoms with Crippen molar-refractivity contribution in [2.24, 2.45) is 0 Å². The summed E-state index contributed by atoms with van der Waals surface area (Å²) in [4.78, 5) is 64.4. The number of hydrogen-bond donors (Lipinski definition) is 2. The van der Waals surface area contributed by atoms with Crippen LogP contribution < -0.4 is 30.7 Å². The van der Waals surface area contributed by atoms with Gasteiger partial charge in [-0.3, -0.25) is 34.1 Å². The number of hydrogen-bond acceptors (Lipinski definition) is 17. The van der Waals surface area contributed by atoms with Crippen LogP contribution in [-0.4, -0.2) is 85.7 Å². The number of rotatable bonds is 17. The molecule has 0 saturated heterocycles. The highest BCUT2D eigenvalue weighted by Gasteiger charge is 2.31. The molecule has 2 atom stereocenters. The fourth-order valence-corrected chi connectivity index (χ4v) is 5.99. The maximum absolute atomic E-state index is 12.2. The van der Waals surface area contributed by atoms with Gasteiger partial charge in [0.05, 0.1) is 37.5 Å². The molecule has 0 saturated carbocycles. The summed E-state index contributed by atoms with van der Waals surface area (Å²) < 4.78 is 26.1. The van der Waals surface area contributed by atoms with E-state index in [0.29, 0.717) is 37.5 Å². The molecule has 18 nitrogen and oxygen atoms in total. The molecule has 0 aromatic carbocycles. The van der Waals surface area contributed by atoms with Crippen LogP contribution in [0.25, 0.3) is 0 Å². The van der Waals surface area contributed by atoms with E-state index in [1.165, 1.54) is 4.90 Å². The van der Waals surface area contributed by atoms with E-state index in [0.717, 1.165) is 48.2 Å². The Morgan fingerprint density at radius 3 is 1.97 bits per heavy atom. The lowest BCUT2D eigenvalue weighted by Crippen LogP contribution is -2.37. The van der Waals surface area contributed by atoms with Crippen molar-refractivity contribution < 1.29 is 33.1 Å². The molecule has 5 heterocycles. The van der Waals surface area contributed by atoms with Crippen molar-refractivity contribution in [2.45, 2.75) is 113 Å². The molecule has 0 unspecified atom stereocenters. The van der Waals surface area contributed by atoms with Gasteiger partial charge in [-0.1, -0.05) is 46.2 Å². The maximum Gasteiger partial charge on any atom is 0.353 e. The molecule has 0 fully saturated rings. The predicted octanol–water partition coefficient (Wildman–Crippen LogP) is 6.49. The monoisotopic (exact) mass is 837 g/mol. The maximum atomic E-state index is 12.2. The normalized spacial score (nSPS) is 12.6. The molecule has 1 aliphatic rings. The average molecular weight is 838 g/mol. The number of ketones is 1. The summed E-state index contributed by atoms with van der Waals surface area (Å²) in [5.74, 6) is 0.0660. The second-order valence-electron chi connectivity index (χ2n) is 13.8. The van der Waals surface area contributed by atoms with E-state index >= 15 is 0 Å². The van der Waals surface area contributed by atoms with Gasteiger partial charge in [-0.25, -0.2) is 0 Å². The molecule has 0 bridgehead atoms. The van der Waals surface area contributed by atoms with Crippen molar-refractivity contribution in [3.8, 4) is 12.0 Å². The Labute approximate surface area is 351 Å². The van der Waals surface area contributed by atoms with Crippen LogP contribution in [0.4, 0.5) is 33.3 Å². The van der Waals surface area contributed by atoms with Crippen molar-refractivity contribution in [3.63, 3.8) is 0 Å². The van der Waals surface area contributed by atoms with Crippen LogP contribution in [0.1, 0.15) is 95.8 Å². The number of alkyl halides is 1. The van der Waals surface area contributed by atoms with Crippen LogP contribution in [0.3, 0.4) is 0 Å². The molecule has 328 valence electrons. The number of aromatic nitrogens is 6. The summed E-state index contributed by atoms with van der Waals surface area (Å²) in [6.07, 6.45) is 7.07. The second kappa shape index (κ2) is 24.6. The number of nitrogens with two attached hydrogens (primary N) is 2. The van der Waals surface area contributed by atoms with Crippen LogP contribution in [0.15, 0.2) is 36.7 Å². The Hall–Kier alpha value is -6.27. The van der Waals surface area contributed by atoms with Gasteiger partial charge in [0, 0.05) is 48.9 Å². The molecule has 5 rings (SSSR count). The molecule has 0 spiro atoms. The number of fused-ring (bicyclic) bond motifs is 1.